The van der Waals surface area contributed by atoms with E-state index >= 15 is 0 Å². The van der Waals surface area contributed by atoms with E-state index in [0.717, 1.165) is 62.9 Å². The Balaban J connectivity index is 0.000000327. The molecule has 11 nitrogen and oxygen atoms in total. The van der Waals surface area contributed by atoms with Crippen molar-refractivity contribution in [2.24, 2.45) is 0 Å². The molecule has 0 N–H and O–H groups in total. The summed E-state index contributed by atoms with van der Waals surface area (Å²) >= 11 is 0. The van der Waals surface area contributed by atoms with Gasteiger partial charge in [-0.25, -0.2) is 29.9 Å². The van der Waals surface area contributed by atoms with Crippen molar-refractivity contribution in [1.29, 1.82) is 0 Å². The lowest BCUT2D eigenvalue weighted by Gasteiger charge is -1.90. The van der Waals surface area contributed by atoms with Crippen molar-refractivity contribution >= 4 is 0 Å². The number of nitrogens with zero attached hydrogens (tertiary/aromatic N) is 11. The van der Waals surface area contributed by atoms with Gasteiger partial charge in [-0.15, -0.1) is 0 Å². The molecular weight excluding hydrogens is 695 g/mol. The van der Waals surface area contributed by atoms with Crippen LogP contribution in [0.1, 0.15) is 79.6 Å². The fourth-order valence-electron chi connectivity index (χ4n) is 4.40. The van der Waals surface area contributed by atoms with Gasteiger partial charge in [0.05, 0.1) is 11.4 Å². The maximum absolute atomic E-state index is 4.17. The maximum atomic E-state index is 4.17. The molecule has 7 rings (SSSR count). The fraction of sp³-hybridized carbons (Fsp3) is 0.311. The van der Waals surface area contributed by atoms with Gasteiger partial charge in [0.1, 0.15) is 18.0 Å². The first kappa shape index (κ1) is 47.8. The third kappa shape index (κ3) is 25.7. The van der Waals surface area contributed by atoms with Gasteiger partial charge < -0.3 is 0 Å². The Morgan fingerprint density at radius 2 is 0.714 bits per heavy atom. The zero-order chi connectivity index (χ0) is 41.9. The predicted molar refractivity (Wildman–Crippen MR) is 227 cm³/mol. The average molecular weight is 754 g/mol. The zero-order valence-corrected chi connectivity index (χ0v) is 35.7. The quantitative estimate of drug-likeness (QED) is 0.146. The first-order valence-corrected chi connectivity index (χ1v) is 18.2. The molecule has 0 aliphatic rings. The standard InChI is InChI=1S/3C7H9N.4C6H8N2/c1-6-3-7(2)5-8-4-6;1-6-3-4-8-7(2)5-6;1-6-4-3-5-7(2)8-6;1-5-3-7-4-6(2)8-5;1-5-3-6(2)8-4-7-5;2*1-5-3-4-7-6(2)8-5/h3*3-5H,1-2H3;4*3-4H,1-2H3. The average Bonchev–Trinajstić information content (AvgIpc) is 3.09. The number of rotatable bonds is 0. The van der Waals surface area contributed by atoms with E-state index in [0.29, 0.717) is 0 Å². The summed E-state index contributed by atoms with van der Waals surface area (Å²) in [6.45, 7) is 27.6. The molecule has 0 spiro atoms. The van der Waals surface area contributed by atoms with Crippen LogP contribution in [-0.4, -0.2) is 54.8 Å². The molecule has 11 heteroatoms. The first-order valence-electron chi connectivity index (χ1n) is 18.2. The molecule has 0 unspecified atom stereocenters. The Bertz CT molecular complexity index is 1590. The van der Waals surface area contributed by atoms with Gasteiger partial charge in [-0.1, -0.05) is 12.1 Å². The molecule has 0 radical (unpaired) electrons. The molecule has 0 saturated heterocycles. The van der Waals surface area contributed by atoms with Crippen LogP contribution in [0.3, 0.4) is 0 Å². The highest BCUT2D eigenvalue weighted by atomic mass is 14.9. The summed E-state index contributed by atoms with van der Waals surface area (Å²) in [7, 11) is 0. The molecule has 0 bridgehead atoms. The molecule has 7 heterocycles. The molecule has 7 aromatic heterocycles. The van der Waals surface area contributed by atoms with Gasteiger partial charge >= 0.3 is 0 Å². The van der Waals surface area contributed by atoms with Crippen LogP contribution in [0.2, 0.25) is 0 Å². The van der Waals surface area contributed by atoms with Gasteiger partial charge in [0.2, 0.25) is 0 Å². The van der Waals surface area contributed by atoms with Crippen LogP contribution in [-0.2, 0) is 0 Å². The second-order valence-corrected chi connectivity index (χ2v) is 13.0. The maximum Gasteiger partial charge on any atom is 0.125 e. The molecule has 0 fully saturated rings. The minimum atomic E-state index is 0.838. The van der Waals surface area contributed by atoms with Crippen LogP contribution in [0, 0.1) is 96.9 Å². The molecule has 0 aromatic carbocycles. The van der Waals surface area contributed by atoms with Crippen molar-refractivity contribution in [3.05, 3.63) is 184 Å². The van der Waals surface area contributed by atoms with Crippen LogP contribution >= 0.6 is 0 Å². The van der Waals surface area contributed by atoms with Crippen molar-refractivity contribution in [2.75, 3.05) is 0 Å². The van der Waals surface area contributed by atoms with E-state index in [4.69, 9.17) is 0 Å². The zero-order valence-electron chi connectivity index (χ0n) is 35.7. The SMILES string of the molecule is Cc1cc(C)ncn1.Cc1cccc(C)n1.Cc1ccnc(C)c1.Cc1ccnc(C)n1.Cc1ccnc(C)n1.Cc1cncc(C)c1.Cc1cncc(C)n1. The van der Waals surface area contributed by atoms with E-state index in [1.54, 1.807) is 31.1 Å². The molecule has 56 heavy (non-hydrogen) atoms. The molecule has 0 amide bonds. The minimum absolute atomic E-state index is 0.838. The van der Waals surface area contributed by atoms with Gasteiger partial charge in [-0.05, 0) is 156 Å². The van der Waals surface area contributed by atoms with Crippen LogP contribution < -0.4 is 0 Å². The Hall–Kier alpha value is -6.23. The van der Waals surface area contributed by atoms with E-state index in [-0.39, 0.29) is 0 Å². The van der Waals surface area contributed by atoms with Gasteiger partial charge in [0.15, 0.2) is 0 Å². The lowest BCUT2D eigenvalue weighted by Crippen LogP contribution is -1.86. The summed E-state index contributed by atoms with van der Waals surface area (Å²) in [5.41, 5.74) is 13.0. The Morgan fingerprint density at radius 3 is 0.964 bits per heavy atom. The van der Waals surface area contributed by atoms with Crippen molar-refractivity contribution in [2.45, 2.75) is 96.9 Å². The largest absolute Gasteiger partial charge is 0.264 e. The molecule has 294 valence electrons. The molecule has 7 aromatic rings. The van der Waals surface area contributed by atoms with Gasteiger partial charge in [0.25, 0.3) is 0 Å². The Kier molecular flexibility index (Phi) is 23.4. The highest BCUT2D eigenvalue weighted by molar-refractivity contribution is 5.14. The summed E-state index contributed by atoms with van der Waals surface area (Å²) < 4.78 is 0. The van der Waals surface area contributed by atoms with Gasteiger partial charge in [0, 0.05) is 83.2 Å². The lowest BCUT2D eigenvalue weighted by molar-refractivity contribution is 1.01. The van der Waals surface area contributed by atoms with Crippen LogP contribution in [0.15, 0.2) is 104 Å². The topological polar surface area (TPSA) is 142 Å². The fourth-order valence-corrected chi connectivity index (χ4v) is 4.40. The van der Waals surface area contributed by atoms with E-state index < -0.39 is 0 Å². The normalized spacial score (nSPS) is 9.25. The highest BCUT2D eigenvalue weighted by Crippen LogP contribution is 1.98. The number of aromatic nitrogens is 11. The predicted octanol–water partition coefficient (Wildman–Crippen LogP) is 9.47. The Morgan fingerprint density at radius 1 is 0.304 bits per heavy atom. The van der Waals surface area contributed by atoms with E-state index in [2.05, 4.69) is 73.9 Å². The molecule has 0 atom stereocenters. The van der Waals surface area contributed by atoms with E-state index in [1.807, 2.05) is 151 Å². The number of pyridine rings is 3. The molecule has 0 aliphatic heterocycles. The summed E-state index contributed by atoms with van der Waals surface area (Å²) in [6.07, 6.45) is 14.1. The number of hydrogen-bond acceptors (Lipinski definition) is 11. The van der Waals surface area contributed by atoms with Crippen molar-refractivity contribution in [3.63, 3.8) is 0 Å². The second-order valence-electron chi connectivity index (χ2n) is 13.0. The third-order valence-electron chi connectivity index (χ3n) is 6.74. The van der Waals surface area contributed by atoms with Gasteiger partial charge in [-0.2, -0.15) is 0 Å². The van der Waals surface area contributed by atoms with Crippen LogP contribution in [0.25, 0.3) is 0 Å². The number of hydrogen-bond donors (Lipinski definition) is 0. The summed E-state index contributed by atoms with van der Waals surface area (Å²) in [5, 5.41) is 0. The lowest BCUT2D eigenvalue weighted by atomic mass is 10.2. The van der Waals surface area contributed by atoms with Crippen molar-refractivity contribution in [3.8, 4) is 0 Å². The molecule has 0 aliphatic carbocycles. The summed E-state index contributed by atoms with van der Waals surface area (Å²) in [6, 6.07) is 17.9. The Labute approximate surface area is 334 Å². The third-order valence-corrected chi connectivity index (χ3v) is 6.74. The molecular formula is C45H59N11. The van der Waals surface area contributed by atoms with Gasteiger partial charge in [-0.3, -0.25) is 24.9 Å². The first-order chi connectivity index (χ1) is 26.5. The number of aryl methyl sites for hydroxylation is 14. The van der Waals surface area contributed by atoms with Crippen molar-refractivity contribution in [1.82, 2.24) is 54.8 Å². The summed E-state index contributed by atoms with van der Waals surface area (Å²) in [5.74, 6) is 1.68. The van der Waals surface area contributed by atoms with E-state index in [1.165, 1.54) is 16.7 Å². The van der Waals surface area contributed by atoms with Crippen LogP contribution in [0.5, 0.6) is 0 Å². The monoisotopic (exact) mass is 753 g/mol. The second kappa shape index (κ2) is 27.4. The van der Waals surface area contributed by atoms with Crippen LogP contribution in [0.4, 0.5) is 0 Å². The minimum Gasteiger partial charge on any atom is -0.264 e. The summed E-state index contributed by atoms with van der Waals surface area (Å²) in [4.78, 5) is 44.1. The smallest absolute Gasteiger partial charge is 0.125 e. The van der Waals surface area contributed by atoms with Crippen molar-refractivity contribution < 1.29 is 0 Å². The van der Waals surface area contributed by atoms with E-state index in [9.17, 15) is 0 Å². The highest BCUT2D eigenvalue weighted by Gasteiger charge is 1.87. The molecule has 0 saturated carbocycles.